The molecule has 1 amide bonds. The Kier molecular flexibility index (Phi) is 13.1. The Bertz CT molecular complexity index is 475. The van der Waals surface area contributed by atoms with E-state index in [0.717, 1.165) is 49.7 Å². The fourth-order valence-electron chi connectivity index (χ4n) is 2.31. The first-order chi connectivity index (χ1) is 10.5. The molecule has 0 spiro atoms. The second-order valence-corrected chi connectivity index (χ2v) is 8.40. The number of amides is 1. The van der Waals surface area contributed by atoms with Crippen LogP contribution >= 0.6 is 0 Å². The summed E-state index contributed by atoms with van der Waals surface area (Å²) >= 11 is 0. The van der Waals surface area contributed by atoms with Gasteiger partial charge in [0.2, 0.25) is 5.91 Å². The van der Waals surface area contributed by atoms with Crippen molar-refractivity contribution < 1.29 is 27.7 Å². The predicted molar refractivity (Wildman–Crippen MR) is 95.7 cm³/mol. The Morgan fingerprint density at radius 3 is 2.04 bits per heavy atom. The van der Waals surface area contributed by atoms with Crippen molar-refractivity contribution in [3.63, 3.8) is 0 Å². The lowest BCUT2D eigenvalue weighted by atomic mass is 10.2. The molecule has 0 aliphatic heterocycles. The van der Waals surface area contributed by atoms with Gasteiger partial charge in [-0.2, -0.15) is 8.42 Å². The van der Waals surface area contributed by atoms with Gasteiger partial charge in [-0.1, -0.05) is 13.0 Å². The summed E-state index contributed by atoms with van der Waals surface area (Å²) in [6.07, 6.45) is 5.37. The molecule has 0 heterocycles. The van der Waals surface area contributed by atoms with Crippen molar-refractivity contribution in [3.8, 4) is 0 Å². The zero-order valence-electron chi connectivity index (χ0n) is 15.3. The van der Waals surface area contributed by atoms with Gasteiger partial charge in [-0.15, -0.1) is 0 Å². The SMILES string of the molecule is C=C(C)C(=O)NCCCC[N+](C)(C)CCCCCCS(=O)(=O)O.[OH-]. The lowest BCUT2D eigenvalue weighted by Gasteiger charge is -2.30. The maximum Gasteiger partial charge on any atom is 0.264 e. The first kappa shape index (κ1) is 25.3. The Labute approximate surface area is 146 Å². The minimum atomic E-state index is -3.81. The molecule has 0 aliphatic carbocycles. The lowest BCUT2D eigenvalue weighted by molar-refractivity contribution is -0.890. The van der Waals surface area contributed by atoms with E-state index in [2.05, 4.69) is 26.0 Å². The van der Waals surface area contributed by atoms with Gasteiger partial charge in [0.05, 0.1) is 32.9 Å². The standard InChI is InChI=1S/C16H32N2O4S.H2O/c1-15(2)16(19)17-11-7-9-13-18(3,4)12-8-5-6-10-14-23(20,21)22;/h1,5-14H2,2-4H3,(H-,17,19,20,21,22);1H2. The summed E-state index contributed by atoms with van der Waals surface area (Å²) in [6.45, 7) is 8.08. The summed E-state index contributed by atoms with van der Waals surface area (Å²) in [6, 6.07) is 0. The lowest BCUT2D eigenvalue weighted by Crippen LogP contribution is -2.41. The predicted octanol–water partition coefficient (Wildman–Crippen LogP) is 1.81. The third-order valence-electron chi connectivity index (χ3n) is 3.78. The highest BCUT2D eigenvalue weighted by molar-refractivity contribution is 7.85. The van der Waals surface area contributed by atoms with Crippen molar-refractivity contribution in [3.05, 3.63) is 12.2 Å². The zero-order valence-corrected chi connectivity index (χ0v) is 16.1. The zero-order chi connectivity index (χ0) is 17.9. The molecule has 0 atom stereocenters. The summed E-state index contributed by atoms with van der Waals surface area (Å²) in [5, 5.41) is 2.83. The topological polar surface area (TPSA) is 113 Å². The number of nitrogens with zero attached hydrogens (tertiary/aromatic N) is 1. The number of hydrogen-bond donors (Lipinski definition) is 2. The van der Waals surface area contributed by atoms with E-state index < -0.39 is 10.1 Å². The van der Waals surface area contributed by atoms with E-state index in [1.54, 1.807) is 6.92 Å². The Balaban J connectivity index is 0. The van der Waals surface area contributed by atoms with Crippen LogP contribution in [0.5, 0.6) is 0 Å². The fraction of sp³-hybridized carbons (Fsp3) is 0.812. The van der Waals surface area contributed by atoms with Gasteiger partial charge in [0.15, 0.2) is 0 Å². The number of unbranched alkanes of at least 4 members (excludes halogenated alkanes) is 4. The van der Waals surface area contributed by atoms with E-state index in [1.165, 1.54) is 0 Å². The van der Waals surface area contributed by atoms with Gasteiger partial charge in [-0.3, -0.25) is 9.35 Å². The maximum absolute atomic E-state index is 11.3. The third-order valence-corrected chi connectivity index (χ3v) is 4.58. The van der Waals surface area contributed by atoms with E-state index in [0.29, 0.717) is 18.5 Å². The average molecular weight is 367 g/mol. The largest absolute Gasteiger partial charge is 0.870 e. The number of quaternary nitrogens is 1. The van der Waals surface area contributed by atoms with E-state index >= 15 is 0 Å². The molecular formula is C16H34N2O5S. The number of carbonyl (C=O) groups is 1. The van der Waals surface area contributed by atoms with E-state index in [9.17, 15) is 13.2 Å². The van der Waals surface area contributed by atoms with Crippen molar-refractivity contribution in [2.24, 2.45) is 0 Å². The molecule has 24 heavy (non-hydrogen) atoms. The molecule has 7 nitrogen and oxygen atoms in total. The molecule has 0 aromatic heterocycles. The summed E-state index contributed by atoms with van der Waals surface area (Å²) < 4.78 is 30.8. The van der Waals surface area contributed by atoms with E-state index in [1.807, 2.05) is 0 Å². The highest BCUT2D eigenvalue weighted by Gasteiger charge is 2.14. The molecule has 0 saturated carbocycles. The molecule has 0 radical (unpaired) electrons. The third kappa shape index (κ3) is 15.9. The van der Waals surface area contributed by atoms with Crippen LogP contribution in [-0.2, 0) is 14.9 Å². The summed E-state index contributed by atoms with van der Waals surface area (Å²) in [7, 11) is 0.562. The van der Waals surface area contributed by atoms with Gasteiger partial charge in [0, 0.05) is 12.1 Å². The molecule has 8 heteroatoms. The Morgan fingerprint density at radius 2 is 1.54 bits per heavy atom. The summed E-state index contributed by atoms with van der Waals surface area (Å²) in [5.74, 6) is -0.218. The molecule has 0 bridgehead atoms. The van der Waals surface area contributed by atoms with E-state index in [4.69, 9.17) is 4.55 Å². The normalized spacial score (nSPS) is 11.7. The van der Waals surface area contributed by atoms with Gasteiger partial charge in [-0.05, 0) is 39.0 Å². The number of hydrogen-bond acceptors (Lipinski definition) is 4. The quantitative estimate of drug-likeness (QED) is 0.223. The molecule has 0 fully saturated rings. The molecule has 144 valence electrons. The Hall–Kier alpha value is -0.960. The van der Waals surface area contributed by atoms with E-state index in [-0.39, 0.29) is 17.1 Å². The van der Waals surface area contributed by atoms with Gasteiger partial charge in [-0.25, -0.2) is 0 Å². The van der Waals surface area contributed by atoms with Crippen LogP contribution in [0, 0.1) is 0 Å². The molecule has 0 aromatic carbocycles. The van der Waals surface area contributed by atoms with Crippen molar-refractivity contribution in [1.29, 1.82) is 0 Å². The highest BCUT2D eigenvalue weighted by Crippen LogP contribution is 2.08. The molecule has 0 unspecified atom stereocenters. The van der Waals surface area contributed by atoms with Crippen LogP contribution in [0.3, 0.4) is 0 Å². The van der Waals surface area contributed by atoms with Crippen molar-refractivity contribution in [2.45, 2.75) is 45.4 Å². The van der Waals surface area contributed by atoms with Crippen LogP contribution < -0.4 is 5.32 Å². The van der Waals surface area contributed by atoms with Gasteiger partial charge in [0.25, 0.3) is 10.1 Å². The van der Waals surface area contributed by atoms with Crippen molar-refractivity contribution in [1.82, 2.24) is 5.32 Å². The van der Waals surface area contributed by atoms with Crippen LogP contribution in [0.2, 0.25) is 0 Å². The first-order valence-electron chi connectivity index (χ1n) is 8.24. The van der Waals surface area contributed by atoms with Crippen LogP contribution in [0.15, 0.2) is 12.2 Å². The molecule has 0 aliphatic rings. The van der Waals surface area contributed by atoms with Crippen LogP contribution in [0.25, 0.3) is 0 Å². The van der Waals surface area contributed by atoms with Gasteiger partial charge in [0.1, 0.15) is 0 Å². The average Bonchev–Trinajstić information content (AvgIpc) is 2.40. The van der Waals surface area contributed by atoms with Gasteiger partial charge < -0.3 is 15.3 Å². The monoisotopic (exact) mass is 366 g/mol. The molecule has 0 rings (SSSR count). The van der Waals surface area contributed by atoms with Crippen molar-refractivity contribution in [2.75, 3.05) is 39.5 Å². The summed E-state index contributed by atoms with van der Waals surface area (Å²) in [5.41, 5.74) is 0.537. The molecule has 3 N–H and O–H groups in total. The second-order valence-electron chi connectivity index (χ2n) is 6.83. The Morgan fingerprint density at radius 1 is 1.04 bits per heavy atom. The number of carbonyl (C=O) groups excluding carboxylic acids is 1. The first-order valence-corrected chi connectivity index (χ1v) is 9.85. The number of nitrogens with one attached hydrogen (secondary N) is 1. The molecular weight excluding hydrogens is 332 g/mol. The maximum atomic E-state index is 11.3. The second kappa shape index (κ2) is 12.4. The minimum Gasteiger partial charge on any atom is -0.870 e. The minimum absolute atomic E-state index is 0. The van der Waals surface area contributed by atoms with Gasteiger partial charge >= 0.3 is 0 Å². The van der Waals surface area contributed by atoms with Crippen LogP contribution in [0.1, 0.15) is 45.4 Å². The number of rotatable bonds is 13. The smallest absolute Gasteiger partial charge is 0.264 e. The van der Waals surface area contributed by atoms with Crippen molar-refractivity contribution >= 4 is 16.0 Å². The molecule has 0 aromatic rings. The fourth-order valence-corrected chi connectivity index (χ4v) is 2.88. The highest BCUT2D eigenvalue weighted by atomic mass is 32.2. The molecule has 0 saturated heterocycles. The van der Waals surface area contributed by atoms with Crippen LogP contribution in [-0.4, -0.2) is 68.3 Å². The summed E-state index contributed by atoms with van der Waals surface area (Å²) in [4.78, 5) is 11.3. The van der Waals surface area contributed by atoms with Crippen LogP contribution in [0.4, 0.5) is 0 Å².